The molecule has 0 N–H and O–H groups in total. The molecule has 1 aromatic heterocycles. The molecule has 1 aliphatic carbocycles. The van der Waals surface area contributed by atoms with Crippen molar-refractivity contribution in [3.63, 3.8) is 0 Å². The molecule has 1 fully saturated rings. The Balaban J connectivity index is 1.98. The standard InChI is InChI=1S/C15H21NO2/c1-11-10-16-9-8-14(11)12(2)15(17)18-13-6-4-3-5-7-13/h8-10,12-13H,3-7H2,1-2H3. The number of hydrogen-bond acceptors (Lipinski definition) is 3. The number of hydrogen-bond donors (Lipinski definition) is 0. The average Bonchev–Trinajstić information content (AvgIpc) is 2.39. The van der Waals surface area contributed by atoms with Gasteiger partial charge in [-0.15, -0.1) is 0 Å². The number of rotatable bonds is 3. The molecule has 0 radical (unpaired) electrons. The van der Waals surface area contributed by atoms with E-state index in [4.69, 9.17) is 4.74 Å². The van der Waals surface area contributed by atoms with Gasteiger partial charge in [-0.2, -0.15) is 0 Å². The van der Waals surface area contributed by atoms with E-state index >= 15 is 0 Å². The van der Waals surface area contributed by atoms with Crippen molar-refractivity contribution in [1.29, 1.82) is 0 Å². The summed E-state index contributed by atoms with van der Waals surface area (Å²) in [6, 6.07) is 1.90. The maximum atomic E-state index is 12.1. The number of pyridine rings is 1. The van der Waals surface area contributed by atoms with Gasteiger partial charge < -0.3 is 4.74 Å². The van der Waals surface area contributed by atoms with Crippen molar-refractivity contribution in [3.05, 3.63) is 29.6 Å². The molecule has 1 saturated carbocycles. The topological polar surface area (TPSA) is 39.2 Å². The van der Waals surface area contributed by atoms with Crippen LogP contribution in [0.1, 0.15) is 56.1 Å². The normalized spacial score (nSPS) is 18.3. The first-order valence-corrected chi connectivity index (χ1v) is 6.79. The maximum Gasteiger partial charge on any atom is 0.313 e. The van der Waals surface area contributed by atoms with Gasteiger partial charge in [0.2, 0.25) is 0 Å². The highest BCUT2D eigenvalue weighted by atomic mass is 16.5. The van der Waals surface area contributed by atoms with Gasteiger partial charge in [-0.1, -0.05) is 6.42 Å². The zero-order valence-electron chi connectivity index (χ0n) is 11.2. The molecule has 18 heavy (non-hydrogen) atoms. The quantitative estimate of drug-likeness (QED) is 0.769. The van der Waals surface area contributed by atoms with Crippen LogP contribution < -0.4 is 0 Å². The van der Waals surface area contributed by atoms with E-state index in [1.54, 1.807) is 12.4 Å². The van der Waals surface area contributed by atoms with Crippen LogP contribution in [0.5, 0.6) is 0 Å². The van der Waals surface area contributed by atoms with Crippen molar-refractivity contribution in [3.8, 4) is 0 Å². The van der Waals surface area contributed by atoms with Crippen molar-refractivity contribution in [2.24, 2.45) is 0 Å². The van der Waals surface area contributed by atoms with Crippen LogP contribution in [0.2, 0.25) is 0 Å². The summed E-state index contributed by atoms with van der Waals surface area (Å²) in [5.74, 6) is -0.300. The molecule has 1 heterocycles. The maximum absolute atomic E-state index is 12.1. The minimum Gasteiger partial charge on any atom is -0.462 e. The number of aryl methyl sites for hydroxylation is 1. The molecule has 0 saturated heterocycles. The van der Waals surface area contributed by atoms with Crippen molar-refractivity contribution < 1.29 is 9.53 Å². The molecule has 0 spiro atoms. The van der Waals surface area contributed by atoms with E-state index < -0.39 is 0 Å². The Morgan fingerprint density at radius 3 is 2.78 bits per heavy atom. The zero-order chi connectivity index (χ0) is 13.0. The molecule has 0 amide bonds. The lowest BCUT2D eigenvalue weighted by Crippen LogP contribution is -2.24. The Kier molecular flexibility index (Phi) is 4.34. The lowest BCUT2D eigenvalue weighted by atomic mass is 9.96. The summed E-state index contributed by atoms with van der Waals surface area (Å²) in [5, 5.41) is 0. The Bertz CT molecular complexity index is 411. The lowest BCUT2D eigenvalue weighted by Gasteiger charge is -2.24. The molecule has 98 valence electrons. The van der Waals surface area contributed by atoms with Crippen LogP contribution in [0, 0.1) is 6.92 Å². The van der Waals surface area contributed by atoms with Gasteiger partial charge in [0.25, 0.3) is 0 Å². The van der Waals surface area contributed by atoms with E-state index in [-0.39, 0.29) is 18.0 Å². The summed E-state index contributed by atoms with van der Waals surface area (Å²) >= 11 is 0. The van der Waals surface area contributed by atoms with Crippen LogP contribution >= 0.6 is 0 Å². The van der Waals surface area contributed by atoms with E-state index in [0.29, 0.717) is 0 Å². The predicted molar refractivity (Wildman–Crippen MR) is 70.4 cm³/mol. The first kappa shape index (κ1) is 13.1. The number of nitrogens with zero attached hydrogens (tertiary/aromatic N) is 1. The molecule has 1 unspecified atom stereocenters. The van der Waals surface area contributed by atoms with Crippen molar-refractivity contribution in [1.82, 2.24) is 4.98 Å². The second-order valence-electron chi connectivity index (χ2n) is 5.15. The Hall–Kier alpha value is -1.38. The summed E-state index contributed by atoms with van der Waals surface area (Å²) in [6.45, 7) is 3.89. The Labute approximate surface area is 109 Å². The van der Waals surface area contributed by atoms with E-state index in [9.17, 15) is 4.79 Å². The summed E-state index contributed by atoms with van der Waals surface area (Å²) in [6.07, 6.45) is 9.33. The average molecular weight is 247 g/mol. The first-order chi connectivity index (χ1) is 8.68. The summed E-state index contributed by atoms with van der Waals surface area (Å²) in [5.41, 5.74) is 2.07. The fourth-order valence-electron chi connectivity index (χ4n) is 2.55. The number of aromatic nitrogens is 1. The second-order valence-corrected chi connectivity index (χ2v) is 5.15. The van der Waals surface area contributed by atoms with Crippen LogP contribution in [0.25, 0.3) is 0 Å². The highest BCUT2D eigenvalue weighted by Gasteiger charge is 2.23. The molecule has 2 rings (SSSR count). The van der Waals surface area contributed by atoms with Crippen LogP contribution in [0.15, 0.2) is 18.5 Å². The number of ether oxygens (including phenoxy) is 1. The van der Waals surface area contributed by atoms with Gasteiger partial charge >= 0.3 is 5.97 Å². The van der Waals surface area contributed by atoms with Gasteiger partial charge in [0.15, 0.2) is 0 Å². The minimum atomic E-state index is -0.199. The third-order valence-electron chi connectivity index (χ3n) is 3.72. The van der Waals surface area contributed by atoms with Crippen LogP contribution in [-0.2, 0) is 9.53 Å². The monoisotopic (exact) mass is 247 g/mol. The molecule has 3 heteroatoms. The number of esters is 1. The molecule has 3 nitrogen and oxygen atoms in total. The molecular formula is C15H21NO2. The number of carbonyl (C=O) groups excluding carboxylic acids is 1. The third-order valence-corrected chi connectivity index (χ3v) is 3.72. The second kappa shape index (κ2) is 5.98. The van der Waals surface area contributed by atoms with Crippen molar-refractivity contribution >= 4 is 5.97 Å². The summed E-state index contributed by atoms with van der Waals surface area (Å²) in [4.78, 5) is 16.2. The molecule has 0 aromatic carbocycles. The lowest BCUT2D eigenvalue weighted by molar-refractivity contribution is -0.151. The highest BCUT2D eigenvalue weighted by Crippen LogP contribution is 2.25. The molecule has 1 aromatic rings. The Morgan fingerprint density at radius 2 is 2.11 bits per heavy atom. The smallest absolute Gasteiger partial charge is 0.313 e. The van der Waals surface area contributed by atoms with Crippen molar-refractivity contribution in [2.45, 2.75) is 58.0 Å². The largest absolute Gasteiger partial charge is 0.462 e. The molecule has 1 atom stereocenters. The minimum absolute atomic E-state index is 0.101. The van der Waals surface area contributed by atoms with Crippen molar-refractivity contribution in [2.75, 3.05) is 0 Å². The third kappa shape index (κ3) is 3.09. The zero-order valence-corrected chi connectivity index (χ0v) is 11.2. The predicted octanol–water partition coefficient (Wildman–Crippen LogP) is 3.37. The number of carbonyl (C=O) groups is 1. The summed E-state index contributed by atoms with van der Waals surface area (Å²) in [7, 11) is 0. The van der Waals surface area contributed by atoms with E-state index in [0.717, 1.165) is 24.0 Å². The van der Waals surface area contributed by atoms with Gasteiger partial charge in [-0.25, -0.2) is 0 Å². The fourth-order valence-corrected chi connectivity index (χ4v) is 2.55. The fraction of sp³-hybridized carbons (Fsp3) is 0.600. The first-order valence-electron chi connectivity index (χ1n) is 6.79. The highest BCUT2D eigenvalue weighted by molar-refractivity contribution is 5.78. The van der Waals surface area contributed by atoms with Gasteiger partial charge in [0.05, 0.1) is 5.92 Å². The molecular weight excluding hydrogens is 226 g/mol. The molecule has 0 aliphatic heterocycles. The van der Waals surface area contributed by atoms with Crippen LogP contribution in [-0.4, -0.2) is 17.1 Å². The SMILES string of the molecule is Cc1cnccc1C(C)C(=O)OC1CCCCC1. The van der Waals surface area contributed by atoms with Gasteiger partial charge in [0, 0.05) is 12.4 Å². The van der Waals surface area contributed by atoms with E-state index in [1.165, 1.54) is 19.3 Å². The molecule has 0 bridgehead atoms. The van der Waals surface area contributed by atoms with Gasteiger partial charge in [0.1, 0.15) is 6.10 Å². The van der Waals surface area contributed by atoms with E-state index in [2.05, 4.69) is 4.98 Å². The van der Waals surface area contributed by atoms with Crippen LogP contribution in [0.3, 0.4) is 0 Å². The molecule has 1 aliphatic rings. The summed E-state index contributed by atoms with van der Waals surface area (Å²) < 4.78 is 5.60. The van der Waals surface area contributed by atoms with Crippen LogP contribution in [0.4, 0.5) is 0 Å². The Morgan fingerprint density at radius 1 is 1.39 bits per heavy atom. The van der Waals surface area contributed by atoms with Gasteiger partial charge in [-0.05, 0) is 56.7 Å². The van der Waals surface area contributed by atoms with E-state index in [1.807, 2.05) is 19.9 Å². The van der Waals surface area contributed by atoms with Gasteiger partial charge in [-0.3, -0.25) is 9.78 Å².